The third-order valence-corrected chi connectivity index (χ3v) is 4.05. The lowest BCUT2D eigenvalue weighted by Crippen LogP contribution is -2.45. The van der Waals surface area contributed by atoms with E-state index in [0.717, 1.165) is 31.5 Å². The second kappa shape index (κ2) is 8.67. The number of thioether (sulfide) groups is 1. The number of aliphatic imine (C=N–C) groups is 1. The van der Waals surface area contributed by atoms with Gasteiger partial charge in [-0.15, -0.1) is 0 Å². The van der Waals surface area contributed by atoms with Crippen LogP contribution in [0.1, 0.15) is 32.6 Å². The molecule has 0 saturated carbocycles. The summed E-state index contributed by atoms with van der Waals surface area (Å²) in [6.07, 6.45) is 7.30. The van der Waals surface area contributed by atoms with E-state index in [4.69, 9.17) is 0 Å². The van der Waals surface area contributed by atoms with Crippen molar-refractivity contribution in [1.29, 1.82) is 0 Å². The monoisotopic (exact) mass is 257 g/mol. The van der Waals surface area contributed by atoms with Crippen LogP contribution in [0.15, 0.2) is 4.99 Å². The van der Waals surface area contributed by atoms with Crippen molar-refractivity contribution in [3.63, 3.8) is 0 Å². The van der Waals surface area contributed by atoms with E-state index in [1.54, 1.807) is 0 Å². The first-order valence-electron chi connectivity index (χ1n) is 6.72. The van der Waals surface area contributed by atoms with Crippen LogP contribution in [0.2, 0.25) is 0 Å². The highest BCUT2D eigenvalue weighted by Gasteiger charge is 2.17. The molecule has 4 heteroatoms. The third kappa shape index (κ3) is 5.66. The second-order valence-electron chi connectivity index (χ2n) is 4.84. The zero-order valence-corrected chi connectivity index (χ0v) is 12.4. The average Bonchev–Trinajstić information content (AvgIpc) is 2.35. The van der Waals surface area contributed by atoms with Gasteiger partial charge in [0.2, 0.25) is 0 Å². The van der Waals surface area contributed by atoms with Gasteiger partial charge in [0, 0.05) is 26.7 Å². The van der Waals surface area contributed by atoms with Gasteiger partial charge < -0.3 is 10.2 Å². The number of unbranched alkanes of at least 4 members (excludes halogenated alkanes) is 1. The smallest absolute Gasteiger partial charge is 0.193 e. The first-order valence-corrected chi connectivity index (χ1v) is 8.12. The van der Waals surface area contributed by atoms with Crippen molar-refractivity contribution in [2.24, 2.45) is 10.9 Å². The van der Waals surface area contributed by atoms with Crippen LogP contribution in [0.5, 0.6) is 0 Å². The molecule has 1 rings (SSSR count). The number of piperidine rings is 1. The van der Waals surface area contributed by atoms with Crippen LogP contribution in [-0.2, 0) is 0 Å². The third-order valence-electron chi connectivity index (χ3n) is 3.35. The number of likely N-dealkylation sites (tertiary alicyclic amines) is 1. The van der Waals surface area contributed by atoms with Crippen LogP contribution in [0.4, 0.5) is 0 Å². The maximum atomic E-state index is 4.38. The maximum absolute atomic E-state index is 4.38. The average molecular weight is 257 g/mol. The molecule has 0 aromatic heterocycles. The molecular formula is C13H27N3S. The van der Waals surface area contributed by atoms with Gasteiger partial charge in [0.1, 0.15) is 0 Å². The Morgan fingerprint density at radius 2 is 2.06 bits per heavy atom. The number of rotatable bonds is 5. The molecule has 1 saturated heterocycles. The molecule has 1 fully saturated rings. The van der Waals surface area contributed by atoms with Gasteiger partial charge in [0.25, 0.3) is 0 Å². The van der Waals surface area contributed by atoms with E-state index < -0.39 is 0 Å². The molecule has 1 aliphatic heterocycles. The quantitative estimate of drug-likeness (QED) is 0.466. The molecule has 17 heavy (non-hydrogen) atoms. The van der Waals surface area contributed by atoms with Crippen LogP contribution >= 0.6 is 11.8 Å². The fraction of sp³-hybridized carbons (Fsp3) is 0.923. The summed E-state index contributed by atoms with van der Waals surface area (Å²) < 4.78 is 0. The lowest BCUT2D eigenvalue weighted by atomic mass is 10.00. The van der Waals surface area contributed by atoms with Crippen molar-refractivity contribution in [2.75, 3.05) is 38.7 Å². The van der Waals surface area contributed by atoms with Gasteiger partial charge >= 0.3 is 0 Å². The molecule has 0 aromatic rings. The predicted octanol–water partition coefficient (Wildman–Crippen LogP) is 2.44. The van der Waals surface area contributed by atoms with Crippen LogP contribution < -0.4 is 5.32 Å². The zero-order valence-electron chi connectivity index (χ0n) is 11.5. The predicted molar refractivity (Wildman–Crippen MR) is 78.9 cm³/mol. The summed E-state index contributed by atoms with van der Waals surface area (Å²) in [4.78, 5) is 6.78. The Labute approximate surface area is 110 Å². The maximum Gasteiger partial charge on any atom is 0.193 e. The van der Waals surface area contributed by atoms with E-state index in [9.17, 15) is 0 Å². The molecule has 0 unspecified atom stereocenters. The van der Waals surface area contributed by atoms with Gasteiger partial charge in [0.15, 0.2) is 5.96 Å². The van der Waals surface area contributed by atoms with E-state index in [-0.39, 0.29) is 0 Å². The molecule has 0 aromatic carbocycles. The molecule has 1 aliphatic rings. The molecule has 0 spiro atoms. The Hall–Kier alpha value is -0.380. The summed E-state index contributed by atoms with van der Waals surface area (Å²) in [6.45, 7) is 5.71. The minimum atomic E-state index is 0.880. The topological polar surface area (TPSA) is 27.6 Å². The van der Waals surface area contributed by atoms with Gasteiger partial charge in [-0.1, -0.05) is 6.92 Å². The molecule has 3 nitrogen and oxygen atoms in total. The SMILES string of the molecule is CN=C(NCCCCSC)N1CCC(C)CC1. The lowest BCUT2D eigenvalue weighted by Gasteiger charge is -2.32. The Bertz CT molecular complexity index is 223. The first kappa shape index (κ1) is 14.7. The van der Waals surface area contributed by atoms with Gasteiger partial charge in [-0.25, -0.2) is 0 Å². The van der Waals surface area contributed by atoms with Crippen molar-refractivity contribution in [3.05, 3.63) is 0 Å². The standard InChI is InChI=1S/C13H27N3S/c1-12-6-9-16(10-7-12)13(14-2)15-8-4-5-11-17-3/h12H,4-11H2,1-3H3,(H,14,15). The number of guanidine groups is 1. The first-order chi connectivity index (χ1) is 8.27. The van der Waals surface area contributed by atoms with E-state index in [0.29, 0.717) is 0 Å². The van der Waals surface area contributed by atoms with Crippen LogP contribution in [0.25, 0.3) is 0 Å². The number of hydrogen-bond acceptors (Lipinski definition) is 2. The highest BCUT2D eigenvalue weighted by Crippen LogP contribution is 2.15. The summed E-state index contributed by atoms with van der Waals surface area (Å²) in [5.74, 6) is 3.24. The number of hydrogen-bond donors (Lipinski definition) is 1. The Kier molecular flexibility index (Phi) is 7.49. The van der Waals surface area contributed by atoms with E-state index in [1.807, 2.05) is 18.8 Å². The van der Waals surface area contributed by atoms with Crippen molar-refractivity contribution < 1.29 is 0 Å². The Morgan fingerprint density at radius 3 is 2.65 bits per heavy atom. The minimum Gasteiger partial charge on any atom is -0.356 e. The van der Waals surface area contributed by atoms with Crippen LogP contribution in [-0.4, -0.2) is 49.6 Å². The van der Waals surface area contributed by atoms with Gasteiger partial charge in [-0.05, 0) is 43.6 Å². The fourth-order valence-corrected chi connectivity index (χ4v) is 2.62. The molecule has 1 N–H and O–H groups in total. The largest absolute Gasteiger partial charge is 0.356 e. The Morgan fingerprint density at radius 1 is 1.35 bits per heavy atom. The summed E-state index contributed by atoms with van der Waals surface area (Å²) in [6, 6.07) is 0. The minimum absolute atomic E-state index is 0.880. The highest BCUT2D eigenvalue weighted by molar-refractivity contribution is 7.98. The molecule has 0 aliphatic carbocycles. The number of nitrogens with one attached hydrogen (secondary N) is 1. The fourth-order valence-electron chi connectivity index (χ4n) is 2.12. The number of nitrogens with zero attached hydrogens (tertiary/aromatic N) is 2. The van der Waals surface area contributed by atoms with E-state index in [2.05, 4.69) is 28.4 Å². The van der Waals surface area contributed by atoms with Crippen LogP contribution in [0.3, 0.4) is 0 Å². The molecule has 0 bridgehead atoms. The van der Waals surface area contributed by atoms with E-state index >= 15 is 0 Å². The van der Waals surface area contributed by atoms with Gasteiger partial charge in [-0.3, -0.25) is 4.99 Å². The highest BCUT2D eigenvalue weighted by atomic mass is 32.2. The summed E-state index contributed by atoms with van der Waals surface area (Å²) in [5.41, 5.74) is 0. The normalized spacial score (nSPS) is 18.5. The van der Waals surface area contributed by atoms with E-state index in [1.165, 1.54) is 31.4 Å². The molecule has 100 valence electrons. The van der Waals surface area contributed by atoms with Gasteiger partial charge in [-0.2, -0.15) is 11.8 Å². The van der Waals surface area contributed by atoms with Gasteiger partial charge in [0.05, 0.1) is 0 Å². The summed E-state index contributed by atoms with van der Waals surface area (Å²) in [5, 5.41) is 3.48. The summed E-state index contributed by atoms with van der Waals surface area (Å²) in [7, 11) is 1.89. The van der Waals surface area contributed by atoms with Crippen molar-refractivity contribution in [3.8, 4) is 0 Å². The second-order valence-corrected chi connectivity index (χ2v) is 5.83. The lowest BCUT2D eigenvalue weighted by molar-refractivity contribution is 0.273. The molecule has 1 heterocycles. The molecule has 0 atom stereocenters. The van der Waals surface area contributed by atoms with Crippen molar-refractivity contribution >= 4 is 17.7 Å². The zero-order chi connectivity index (χ0) is 12.5. The Balaban J connectivity index is 2.20. The molecule has 0 radical (unpaired) electrons. The van der Waals surface area contributed by atoms with Crippen LogP contribution in [0, 0.1) is 5.92 Å². The molecular weight excluding hydrogens is 230 g/mol. The van der Waals surface area contributed by atoms with Crippen molar-refractivity contribution in [2.45, 2.75) is 32.6 Å². The summed E-state index contributed by atoms with van der Waals surface area (Å²) >= 11 is 1.93. The van der Waals surface area contributed by atoms with Crippen molar-refractivity contribution in [1.82, 2.24) is 10.2 Å². The molecule has 0 amide bonds.